The summed E-state index contributed by atoms with van der Waals surface area (Å²) >= 11 is 0. The fourth-order valence-electron chi connectivity index (χ4n) is 2.99. The lowest BCUT2D eigenvalue weighted by molar-refractivity contribution is -0.0429. The minimum Gasteiger partial charge on any atom is -0.378 e. The lowest BCUT2D eigenvalue weighted by Gasteiger charge is -2.37. The Balaban J connectivity index is 2.65. The fraction of sp³-hybridized carbons (Fsp3) is 1.00. The fourth-order valence-corrected chi connectivity index (χ4v) is 2.99. The molecule has 0 bridgehead atoms. The minimum absolute atomic E-state index is 0.231. The van der Waals surface area contributed by atoms with E-state index < -0.39 is 0 Å². The highest BCUT2D eigenvalue weighted by Crippen LogP contribution is 2.28. The number of nitrogens with zero attached hydrogens (tertiary/aromatic N) is 1. The van der Waals surface area contributed by atoms with Crippen LogP contribution in [0.3, 0.4) is 0 Å². The second-order valence-corrected chi connectivity index (χ2v) is 5.31. The van der Waals surface area contributed by atoms with E-state index in [-0.39, 0.29) is 6.23 Å². The SMILES string of the molecule is CCCN(C(O)CC)C1CCCCCC1C. The topological polar surface area (TPSA) is 23.5 Å². The molecular formula is C14H29NO. The highest BCUT2D eigenvalue weighted by Gasteiger charge is 2.28. The molecule has 0 aromatic rings. The van der Waals surface area contributed by atoms with Gasteiger partial charge in [-0.3, -0.25) is 4.90 Å². The molecule has 1 aliphatic rings. The van der Waals surface area contributed by atoms with Crippen molar-refractivity contribution >= 4 is 0 Å². The average molecular weight is 227 g/mol. The van der Waals surface area contributed by atoms with Crippen LogP contribution in [-0.4, -0.2) is 28.8 Å². The zero-order valence-electron chi connectivity index (χ0n) is 11.3. The average Bonchev–Trinajstić information content (AvgIpc) is 2.50. The Hall–Kier alpha value is -0.0800. The van der Waals surface area contributed by atoms with Crippen LogP contribution in [0.25, 0.3) is 0 Å². The van der Waals surface area contributed by atoms with E-state index in [2.05, 4.69) is 25.7 Å². The maximum absolute atomic E-state index is 10.1. The van der Waals surface area contributed by atoms with Gasteiger partial charge in [0, 0.05) is 12.6 Å². The van der Waals surface area contributed by atoms with Gasteiger partial charge >= 0.3 is 0 Å². The van der Waals surface area contributed by atoms with Crippen LogP contribution in [0.2, 0.25) is 0 Å². The molecular weight excluding hydrogens is 198 g/mol. The van der Waals surface area contributed by atoms with E-state index in [0.29, 0.717) is 6.04 Å². The van der Waals surface area contributed by atoms with Crippen LogP contribution >= 0.6 is 0 Å². The number of aliphatic hydroxyl groups is 1. The Morgan fingerprint density at radius 3 is 2.50 bits per heavy atom. The number of aliphatic hydroxyl groups excluding tert-OH is 1. The molecule has 0 heterocycles. The van der Waals surface area contributed by atoms with Crippen molar-refractivity contribution in [3.63, 3.8) is 0 Å². The molecule has 0 aliphatic heterocycles. The summed E-state index contributed by atoms with van der Waals surface area (Å²) in [6.07, 6.45) is 8.46. The number of rotatable bonds is 5. The van der Waals surface area contributed by atoms with Crippen molar-refractivity contribution in [1.82, 2.24) is 4.90 Å². The van der Waals surface area contributed by atoms with Gasteiger partial charge in [-0.15, -0.1) is 0 Å². The van der Waals surface area contributed by atoms with Crippen molar-refractivity contribution in [1.29, 1.82) is 0 Å². The first-order valence-electron chi connectivity index (χ1n) is 7.14. The zero-order valence-corrected chi connectivity index (χ0v) is 11.3. The van der Waals surface area contributed by atoms with Gasteiger partial charge in [-0.2, -0.15) is 0 Å². The van der Waals surface area contributed by atoms with E-state index in [1.54, 1.807) is 0 Å². The summed E-state index contributed by atoms with van der Waals surface area (Å²) in [5.41, 5.74) is 0. The quantitative estimate of drug-likeness (QED) is 0.575. The highest BCUT2D eigenvalue weighted by molar-refractivity contribution is 4.80. The molecule has 1 aliphatic carbocycles. The number of hydrogen-bond donors (Lipinski definition) is 1. The first-order chi connectivity index (χ1) is 7.70. The Kier molecular flexibility index (Phi) is 6.37. The van der Waals surface area contributed by atoms with Gasteiger partial charge in [-0.25, -0.2) is 0 Å². The first-order valence-corrected chi connectivity index (χ1v) is 7.14. The van der Waals surface area contributed by atoms with Crippen LogP contribution in [0.4, 0.5) is 0 Å². The third-order valence-electron chi connectivity index (χ3n) is 3.97. The standard InChI is InChI=1S/C14H29NO/c1-4-11-15(14(16)5-2)13-10-8-6-7-9-12(13)3/h12-14,16H,4-11H2,1-3H3. The Labute approximate surface area is 101 Å². The minimum atomic E-state index is -0.231. The molecule has 3 atom stereocenters. The van der Waals surface area contributed by atoms with Crippen molar-refractivity contribution in [2.45, 2.75) is 78.0 Å². The second-order valence-electron chi connectivity index (χ2n) is 5.31. The lowest BCUT2D eigenvalue weighted by Crippen LogP contribution is -2.46. The van der Waals surface area contributed by atoms with Gasteiger partial charge < -0.3 is 5.11 Å². The van der Waals surface area contributed by atoms with Crippen molar-refractivity contribution < 1.29 is 5.11 Å². The first kappa shape index (κ1) is 14.0. The Bertz CT molecular complexity index is 184. The summed E-state index contributed by atoms with van der Waals surface area (Å²) < 4.78 is 0. The second kappa shape index (κ2) is 7.29. The van der Waals surface area contributed by atoms with Crippen LogP contribution in [0.15, 0.2) is 0 Å². The molecule has 96 valence electrons. The maximum Gasteiger partial charge on any atom is 0.107 e. The monoisotopic (exact) mass is 227 g/mol. The van der Waals surface area contributed by atoms with Gasteiger partial charge in [0.1, 0.15) is 6.23 Å². The van der Waals surface area contributed by atoms with Gasteiger partial charge in [0.2, 0.25) is 0 Å². The van der Waals surface area contributed by atoms with Gasteiger partial charge in [0.15, 0.2) is 0 Å². The molecule has 1 saturated carbocycles. The van der Waals surface area contributed by atoms with E-state index in [0.717, 1.165) is 25.3 Å². The van der Waals surface area contributed by atoms with E-state index in [1.165, 1.54) is 32.1 Å². The largest absolute Gasteiger partial charge is 0.378 e. The molecule has 0 spiro atoms. The van der Waals surface area contributed by atoms with E-state index >= 15 is 0 Å². The van der Waals surface area contributed by atoms with Crippen molar-refractivity contribution in [2.75, 3.05) is 6.54 Å². The third-order valence-corrected chi connectivity index (χ3v) is 3.97. The molecule has 0 radical (unpaired) electrons. The summed E-state index contributed by atoms with van der Waals surface area (Å²) in [7, 11) is 0. The lowest BCUT2D eigenvalue weighted by atomic mass is 9.94. The molecule has 16 heavy (non-hydrogen) atoms. The zero-order chi connectivity index (χ0) is 12.0. The summed E-state index contributed by atoms with van der Waals surface area (Å²) in [5.74, 6) is 0.746. The van der Waals surface area contributed by atoms with Crippen LogP contribution in [-0.2, 0) is 0 Å². The molecule has 0 aromatic carbocycles. The van der Waals surface area contributed by atoms with Crippen LogP contribution < -0.4 is 0 Å². The summed E-state index contributed by atoms with van der Waals surface area (Å²) in [6.45, 7) is 7.69. The predicted molar refractivity (Wildman–Crippen MR) is 69.3 cm³/mol. The molecule has 1 N–H and O–H groups in total. The van der Waals surface area contributed by atoms with Gasteiger partial charge in [0.05, 0.1) is 0 Å². The molecule has 0 saturated heterocycles. The molecule has 1 rings (SSSR count). The van der Waals surface area contributed by atoms with Crippen molar-refractivity contribution in [3.8, 4) is 0 Å². The third kappa shape index (κ3) is 3.74. The van der Waals surface area contributed by atoms with E-state index in [9.17, 15) is 5.11 Å². The summed E-state index contributed by atoms with van der Waals surface area (Å²) in [4.78, 5) is 2.36. The summed E-state index contributed by atoms with van der Waals surface area (Å²) in [5, 5.41) is 10.1. The molecule has 0 amide bonds. The van der Waals surface area contributed by atoms with E-state index in [4.69, 9.17) is 0 Å². The van der Waals surface area contributed by atoms with Crippen LogP contribution in [0.1, 0.15) is 65.7 Å². The Morgan fingerprint density at radius 1 is 1.19 bits per heavy atom. The predicted octanol–water partition coefficient (Wildman–Crippen LogP) is 3.40. The van der Waals surface area contributed by atoms with Crippen molar-refractivity contribution in [2.24, 2.45) is 5.92 Å². The number of hydrogen-bond acceptors (Lipinski definition) is 2. The maximum atomic E-state index is 10.1. The smallest absolute Gasteiger partial charge is 0.107 e. The van der Waals surface area contributed by atoms with Crippen molar-refractivity contribution in [3.05, 3.63) is 0 Å². The molecule has 2 heteroatoms. The normalized spacial score (nSPS) is 29.1. The summed E-state index contributed by atoms with van der Waals surface area (Å²) in [6, 6.07) is 0.609. The Morgan fingerprint density at radius 2 is 1.88 bits per heavy atom. The van der Waals surface area contributed by atoms with Gasteiger partial charge in [-0.1, -0.05) is 40.0 Å². The highest BCUT2D eigenvalue weighted by atomic mass is 16.3. The molecule has 0 aromatic heterocycles. The molecule has 1 fully saturated rings. The van der Waals surface area contributed by atoms with Crippen LogP contribution in [0.5, 0.6) is 0 Å². The molecule has 2 nitrogen and oxygen atoms in total. The van der Waals surface area contributed by atoms with Gasteiger partial charge in [-0.05, 0) is 31.6 Å². The van der Waals surface area contributed by atoms with Gasteiger partial charge in [0.25, 0.3) is 0 Å². The van der Waals surface area contributed by atoms with Crippen LogP contribution in [0, 0.1) is 5.92 Å². The molecule has 3 unspecified atom stereocenters. The van der Waals surface area contributed by atoms with E-state index in [1.807, 2.05) is 0 Å².